The van der Waals surface area contributed by atoms with Crippen molar-refractivity contribution in [1.29, 1.82) is 0 Å². The van der Waals surface area contributed by atoms with Gasteiger partial charge in [-0.05, 0) is 72.5 Å². The van der Waals surface area contributed by atoms with Crippen LogP contribution in [0.4, 0.5) is 0 Å². The summed E-state index contributed by atoms with van der Waals surface area (Å²) in [4.78, 5) is 35.8. The maximum atomic E-state index is 12.7. The smallest absolute Gasteiger partial charge is 0.306 e. The number of hydrogen-bond acceptors (Lipinski definition) is 4. The number of allylic oxidation sites excluding steroid dienone is 4. The molecule has 4 aliphatic carbocycles. The maximum Gasteiger partial charge on any atom is 0.306 e. The van der Waals surface area contributed by atoms with E-state index < -0.39 is 11.9 Å². The van der Waals surface area contributed by atoms with Gasteiger partial charge in [-0.1, -0.05) is 71.8 Å². The fraction of sp³-hybridized carbons (Fsp3) is 0.781. The van der Waals surface area contributed by atoms with Crippen molar-refractivity contribution in [3.8, 4) is 0 Å². The van der Waals surface area contributed by atoms with Gasteiger partial charge in [-0.25, -0.2) is 0 Å². The van der Waals surface area contributed by atoms with Gasteiger partial charge in [0.2, 0.25) is 0 Å². The molecular weight excluding hydrogens is 464 g/mol. The summed E-state index contributed by atoms with van der Waals surface area (Å²) in [6.07, 6.45) is 11.8. The average molecular weight is 513 g/mol. The van der Waals surface area contributed by atoms with Crippen LogP contribution in [0, 0.1) is 45.3 Å². The van der Waals surface area contributed by atoms with Crippen molar-refractivity contribution >= 4 is 17.7 Å². The van der Waals surface area contributed by atoms with E-state index in [0.29, 0.717) is 18.3 Å². The molecule has 4 rings (SSSR count). The summed E-state index contributed by atoms with van der Waals surface area (Å²) in [6.45, 7) is 17.3. The highest BCUT2D eigenvalue weighted by molar-refractivity contribution is 5.84. The fourth-order valence-corrected chi connectivity index (χ4v) is 9.40. The van der Waals surface area contributed by atoms with Gasteiger partial charge in [-0.3, -0.25) is 14.4 Å². The molecule has 4 aliphatic rings. The molecule has 0 aromatic rings. The lowest BCUT2D eigenvalue weighted by Gasteiger charge is -2.64. The third-order valence-electron chi connectivity index (χ3n) is 11.7. The van der Waals surface area contributed by atoms with Crippen molar-refractivity contribution in [3.05, 3.63) is 23.3 Å². The van der Waals surface area contributed by atoms with Crippen LogP contribution in [0.3, 0.4) is 0 Å². The molecule has 0 spiro atoms. The third kappa shape index (κ3) is 4.33. The minimum Gasteiger partial charge on any atom is -0.481 e. The van der Waals surface area contributed by atoms with Gasteiger partial charge in [-0.2, -0.15) is 0 Å². The zero-order chi connectivity index (χ0) is 27.6. The van der Waals surface area contributed by atoms with E-state index in [1.54, 1.807) is 12.5 Å². The molecule has 8 atom stereocenters. The highest BCUT2D eigenvalue weighted by Gasteiger charge is 2.64. The van der Waals surface area contributed by atoms with Crippen molar-refractivity contribution < 1.29 is 24.2 Å². The number of carboxylic acid groups (broad SMARTS) is 1. The zero-order valence-electron chi connectivity index (χ0n) is 24.3. The molecule has 206 valence electrons. The van der Waals surface area contributed by atoms with Crippen LogP contribution in [-0.4, -0.2) is 28.9 Å². The lowest BCUT2D eigenvalue weighted by molar-refractivity contribution is -0.170. The Labute approximate surface area is 223 Å². The number of ketones is 1. The molecule has 1 N–H and O–H groups in total. The fourth-order valence-electron chi connectivity index (χ4n) is 9.40. The van der Waals surface area contributed by atoms with Crippen LogP contribution >= 0.6 is 0 Å². The predicted octanol–water partition coefficient (Wildman–Crippen LogP) is 7.15. The van der Waals surface area contributed by atoms with E-state index in [4.69, 9.17) is 4.74 Å². The molecule has 0 amide bonds. The highest BCUT2D eigenvalue weighted by atomic mass is 16.5. The van der Waals surface area contributed by atoms with Crippen LogP contribution < -0.4 is 0 Å². The van der Waals surface area contributed by atoms with Crippen molar-refractivity contribution in [2.45, 2.75) is 113 Å². The second kappa shape index (κ2) is 9.38. The van der Waals surface area contributed by atoms with E-state index in [2.05, 4.69) is 53.7 Å². The molecule has 0 aromatic carbocycles. The standard InChI is InChI=1S/C32H48O5/c1-19(17-22(34)18-20(2)28(35)36)23-11-15-32(8)25-9-10-26-29(4,5)27(37-21(3)33)13-14-30(26,6)24(25)12-16-31(23,32)7/h11-12,19-20,25-27H,9-10,13-18H2,1-8H3,(H,35,36)/t19-,20+,25-,26-,27+,30-,31-,32+/m1/s1. The number of fused-ring (bicyclic) bond motifs is 5. The number of Topliss-reactive ketones (excluding diaryl/α,β-unsaturated/α-hetero) is 1. The summed E-state index contributed by atoms with van der Waals surface area (Å²) in [5, 5.41) is 9.21. The largest absolute Gasteiger partial charge is 0.481 e. The first-order chi connectivity index (χ1) is 17.1. The third-order valence-corrected chi connectivity index (χ3v) is 11.7. The number of esters is 1. The first-order valence-corrected chi connectivity index (χ1v) is 14.4. The van der Waals surface area contributed by atoms with E-state index in [0.717, 1.165) is 38.5 Å². The quantitative estimate of drug-likeness (QED) is 0.289. The van der Waals surface area contributed by atoms with Crippen LogP contribution in [0.2, 0.25) is 0 Å². The molecule has 37 heavy (non-hydrogen) atoms. The topological polar surface area (TPSA) is 80.7 Å². The van der Waals surface area contributed by atoms with Crippen LogP contribution in [0.5, 0.6) is 0 Å². The van der Waals surface area contributed by atoms with Crippen LogP contribution in [0.25, 0.3) is 0 Å². The van der Waals surface area contributed by atoms with Crippen molar-refractivity contribution in [2.24, 2.45) is 45.3 Å². The summed E-state index contributed by atoms with van der Waals surface area (Å²) >= 11 is 0. The molecule has 2 saturated carbocycles. The Bertz CT molecular complexity index is 1040. The van der Waals surface area contributed by atoms with E-state index in [1.165, 1.54) is 12.5 Å². The number of ether oxygens (including phenoxy) is 1. The van der Waals surface area contributed by atoms with Gasteiger partial charge in [0.1, 0.15) is 11.9 Å². The van der Waals surface area contributed by atoms with Gasteiger partial charge < -0.3 is 9.84 Å². The van der Waals surface area contributed by atoms with Crippen LogP contribution in [0.15, 0.2) is 23.3 Å². The molecule has 0 bridgehead atoms. The van der Waals surface area contributed by atoms with E-state index in [-0.39, 0.29) is 51.9 Å². The van der Waals surface area contributed by atoms with Gasteiger partial charge in [-0.15, -0.1) is 0 Å². The molecule has 0 aromatic heterocycles. The Kier molecular flexibility index (Phi) is 7.12. The Morgan fingerprint density at radius 1 is 1.00 bits per heavy atom. The van der Waals surface area contributed by atoms with Crippen LogP contribution in [0.1, 0.15) is 107 Å². The van der Waals surface area contributed by atoms with E-state index >= 15 is 0 Å². The number of carbonyl (C=O) groups excluding carboxylic acids is 2. The van der Waals surface area contributed by atoms with E-state index in [1.807, 2.05) is 0 Å². The van der Waals surface area contributed by atoms with Crippen molar-refractivity contribution in [3.63, 3.8) is 0 Å². The molecule has 0 saturated heterocycles. The zero-order valence-corrected chi connectivity index (χ0v) is 24.3. The molecule has 2 fully saturated rings. The van der Waals surface area contributed by atoms with Gasteiger partial charge in [0.05, 0.1) is 5.92 Å². The predicted molar refractivity (Wildman–Crippen MR) is 145 cm³/mol. The summed E-state index contributed by atoms with van der Waals surface area (Å²) in [6, 6.07) is 0. The molecule has 0 heterocycles. The molecule has 0 radical (unpaired) electrons. The lowest BCUT2D eigenvalue weighted by Crippen LogP contribution is -2.58. The number of hydrogen-bond donors (Lipinski definition) is 1. The lowest BCUT2D eigenvalue weighted by atomic mass is 9.41. The second-order valence-corrected chi connectivity index (χ2v) is 14.1. The monoisotopic (exact) mass is 512 g/mol. The highest BCUT2D eigenvalue weighted by Crippen LogP contribution is 2.71. The minimum atomic E-state index is -0.903. The molecular formula is C32H48O5. The second-order valence-electron chi connectivity index (χ2n) is 14.1. The number of aliphatic carboxylic acids is 1. The Hall–Kier alpha value is -1.91. The van der Waals surface area contributed by atoms with E-state index in [9.17, 15) is 19.5 Å². The Balaban J connectivity index is 1.58. The summed E-state index contributed by atoms with van der Waals surface area (Å²) in [5.74, 6) is -0.542. The number of carbonyl (C=O) groups is 3. The SMILES string of the molecule is CC(=O)O[C@H]1CC[C@]2(C)C3=CC[C@]4(C)C([C@H](C)CC(=O)C[C@H](C)C(=O)O)=CC[C@@]4(C)[C@@H]3CC[C@@H]2C1(C)C. The van der Waals surface area contributed by atoms with Gasteiger partial charge in [0.15, 0.2) is 0 Å². The maximum absolute atomic E-state index is 12.7. The Morgan fingerprint density at radius 3 is 2.30 bits per heavy atom. The molecule has 5 heteroatoms. The first kappa shape index (κ1) is 28.1. The van der Waals surface area contributed by atoms with Crippen molar-refractivity contribution in [2.75, 3.05) is 0 Å². The summed E-state index contributed by atoms with van der Waals surface area (Å²) in [5.41, 5.74) is 3.20. The molecule has 0 aliphatic heterocycles. The molecule has 5 nitrogen and oxygen atoms in total. The Morgan fingerprint density at radius 2 is 1.68 bits per heavy atom. The van der Waals surface area contributed by atoms with Gasteiger partial charge in [0, 0.05) is 25.2 Å². The van der Waals surface area contributed by atoms with Crippen LogP contribution in [-0.2, 0) is 19.1 Å². The number of carboxylic acids is 1. The van der Waals surface area contributed by atoms with Gasteiger partial charge >= 0.3 is 11.9 Å². The van der Waals surface area contributed by atoms with Gasteiger partial charge in [0.25, 0.3) is 0 Å². The summed E-state index contributed by atoms with van der Waals surface area (Å²) in [7, 11) is 0. The van der Waals surface area contributed by atoms with Crippen molar-refractivity contribution in [1.82, 2.24) is 0 Å². The normalized spacial score (nSPS) is 39.7. The average Bonchev–Trinajstić information content (AvgIpc) is 3.07. The minimum absolute atomic E-state index is 0.00688. The number of rotatable bonds is 7. The first-order valence-electron chi connectivity index (χ1n) is 14.4. The summed E-state index contributed by atoms with van der Waals surface area (Å²) < 4.78 is 5.82. The molecule has 0 unspecified atom stereocenters.